The maximum Gasteiger partial charge on any atom is 0.244 e. The minimum absolute atomic E-state index is 0. The summed E-state index contributed by atoms with van der Waals surface area (Å²) < 4.78 is 5.41. The monoisotopic (exact) mass is 503 g/mol. The fraction of sp³-hybridized carbons (Fsp3) is 0.600. The Morgan fingerprint density at radius 1 is 1.14 bits per heavy atom. The number of benzene rings is 1. The number of ether oxygens (including phenoxy) is 1. The molecule has 0 atom stereocenters. The molecular weight excluding hydrogens is 469 g/mol. The number of guanidine groups is 1. The Bertz CT molecular complexity index is 616. The number of hydrogen-bond acceptors (Lipinski definition) is 4. The quantitative estimate of drug-likeness (QED) is 0.338. The van der Waals surface area contributed by atoms with Crippen LogP contribution in [0.2, 0.25) is 0 Å². The first-order valence-electron chi connectivity index (χ1n) is 9.60. The molecule has 0 aliphatic carbocycles. The first-order valence-corrected chi connectivity index (χ1v) is 9.60. The van der Waals surface area contributed by atoms with Crippen molar-refractivity contribution < 1.29 is 9.53 Å². The number of aliphatic imine (C=N–C) groups is 1. The third-order valence-corrected chi connectivity index (χ3v) is 4.70. The Balaban J connectivity index is 0.00000392. The van der Waals surface area contributed by atoms with Crippen molar-refractivity contribution in [2.45, 2.75) is 26.4 Å². The van der Waals surface area contributed by atoms with Crippen LogP contribution in [0, 0.1) is 0 Å². The van der Waals surface area contributed by atoms with E-state index in [0.717, 1.165) is 32.7 Å². The topological polar surface area (TPSA) is 69.2 Å². The van der Waals surface area contributed by atoms with Crippen molar-refractivity contribution in [2.24, 2.45) is 4.99 Å². The van der Waals surface area contributed by atoms with Gasteiger partial charge in [-0.05, 0) is 32.9 Å². The molecule has 0 aromatic heterocycles. The van der Waals surface area contributed by atoms with Gasteiger partial charge in [-0.25, -0.2) is 4.99 Å². The average Bonchev–Trinajstić information content (AvgIpc) is 2.70. The van der Waals surface area contributed by atoms with Gasteiger partial charge in [-0.2, -0.15) is 0 Å². The van der Waals surface area contributed by atoms with Gasteiger partial charge in [-0.3, -0.25) is 4.79 Å². The summed E-state index contributed by atoms with van der Waals surface area (Å²) in [5, 5.41) is 6.40. The number of anilines is 1. The van der Waals surface area contributed by atoms with Gasteiger partial charge >= 0.3 is 0 Å². The van der Waals surface area contributed by atoms with Gasteiger partial charge in [-0.15, -0.1) is 24.0 Å². The molecule has 1 saturated heterocycles. The summed E-state index contributed by atoms with van der Waals surface area (Å²) in [6.07, 6.45) is 0. The van der Waals surface area contributed by atoms with E-state index in [2.05, 4.69) is 32.7 Å². The summed E-state index contributed by atoms with van der Waals surface area (Å²) >= 11 is 0. The van der Waals surface area contributed by atoms with Crippen LogP contribution in [-0.2, 0) is 9.53 Å². The summed E-state index contributed by atoms with van der Waals surface area (Å²) in [7, 11) is 1.68. The van der Waals surface area contributed by atoms with Crippen LogP contribution >= 0.6 is 24.0 Å². The number of rotatable bonds is 7. The lowest BCUT2D eigenvalue weighted by Crippen LogP contribution is -2.50. The fourth-order valence-corrected chi connectivity index (χ4v) is 2.81. The smallest absolute Gasteiger partial charge is 0.244 e. The van der Waals surface area contributed by atoms with E-state index in [-0.39, 0.29) is 42.0 Å². The lowest BCUT2D eigenvalue weighted by molar-refractivity contribution is -0.129. The number of nitrogens with zero attached hydrogens (tertiary/aromatic N) is 3. The molecule has 1 aromatic carbocycles. The van der Waals surface area contributed by atoms with Crippen molar-refractivity contribution in [3.8, 4) is 0 Å². The van der Waals surface area contributed by atoms with Crippen molar-refractivity contribution in [2.75, 3.05) is 57.8 Å². The number of piperazine rings is 1. The van der Waals surface area contributed by atoms with E-state index in [1.165, 1.54) is 5.69 Å². The zero-order valence-corrected chi connectivity index (χ0v) is 19.7. The maximum atomic E-state index is 12.5. The number of carbonyl (C=O) groups excluding carboxylic acids is 1. The molecule has 2 N–H and O–H groups in total. The first kappa shape index (κ1) is 24.5. The molecule has 1 aliphatic heterocycles. The molecule has 0 bridgehead atoms. The molecule has 158 valence electrons. The second kappa shape index (κ2) is 12.1. The van der Waals surface area contributed by atoms with E-state index in [1.54, 1.807) is 7.11 Å². The van der Waals surface area contributed by atoms with Crippen LogP contribution in [0.4, 0.5) is 5.69 Å². The Morgan fingerprint density at radius 3 is 2.36 bits per heavy atom. The van der Waals surface area contributed by atoms with Crippen molar-refractivity contribution in [3.63, 3.8) is 0 Å². The second-order valence-corrected chi connectivity index (χ2v) is 7.22. The molecule has 1 fully saturated rings. The molecule has 8 heteroatoms. The highest BCUT2D eigenvalue weighted by atomic mass is 127. The number of amides is 1. The lowest BCUT2D eigenvalue weighted by atomic mass is 10.1. The molecule has 2 rings (SSSR count). The van der Waals surface area contributed by atoms with Crippen LogP contribution in [0.15, 0.2) is 35.3 Å². The van der Waals surface area contributed by atoms with E-state index in [1.807, 2.05) is 43.9 Å². The normalized spacial score (nSPS) is 15.1. The predicted molar refractivity (Wildman–Crippen MR) is 126 cm³/mol. The van der Waals surface area contributed by atoms with E-state index in [9.17, 15) is 4.79 Å². The Labute approximate surface area is 185 Å². The lowest BCUT2D eigenvalue weighted by Gasteiger charge is -2.36. The summed E-state index contributed by atoms with van der Waals surface area (Å²) in [4.78, 5) is 21.2. The van der Waals surface area contributed by atoms with Crippen LogP contribution in [0.3, 0.4) is 0 Å². The van der Waals surface area contributed by atoms with Gasteiger partial charge in [0.2, 0.25) is 5.91 Å². The zero-order valence-electron chi connectivity index (χ0n) is 17.4. The number of hydrogen-bond donors (Lipinski definition) is 2. The highest BCUT2D eigenvalue weighted by molar-refractivity contribution is 14.0. The second-order valence-electron chi connectivity index (χ2n) is 7.22. The number of para-hydroxylation sites is 1. The summed E-state index contributed by atoms with van der Waals surface area (Å²) in [6.45, 7) is 10.6. The molecule has 1 aliphatic rings. The molecule has 0 saturated carbocycles. The largest absolute Gasteiger partial charge is 0.377 e. The highest BCUT2D eigenvalue weighted by Gasteiger charge is 2.21. The molecule has 0 spiro atoms. The van der Waals surface area contributed by atoms with E-state index in [4.69, 9.17) is 4.74 Å². The number of carbonyl (C=O) groups is 1. The summed E-state index contributed by atoms with van der Waals surface area (Å²) in [5.41, 5.74) is 0.913. The SMILES string of the molecule is CCNC(=NCC(=O)N1CCN(c2ccccc2)CC1)NCC(C)(C)OC.I. The van der Waals surface area contributed by atoms with Gasteiger partial charge < -0.3 is 25.2 Å². The Morgan fingerprint density at radius 2 is 1.79 bits per heavy atom. The van der Waals surface area contributed by atoms with Gasteiger partial charge in [0.1, 0.15) is 6.54 Å². The number of halogens is 1. The van der Waals surface area contributed by atoms with Crippen LogP contribution in [0.1, 0.15) is 20.8 Å². The number of nitrogens with one attached hydrogen (secondary N) is 2. The minimum atomic E-state index is -0.298. The highest BCUT2D eigenvalue weighted by Crippen LogP contribution is 2.15. The van der Waals surface area contributed by atoms with E-state index in [0.29, 0.717) is 12.5 Å². The molecule has 0 radical (unpaired) electrons. The van der Waals surface area contributed by atoms with Crippen LogP contribution in [0.5, 0.6) is 0 Å². The van der Waals surface area contributed by atoms with Crippen molar-refractivity contribution in [3.05, 3.63) is 30.3 Å². The Hall–Kier alpha value is -1.55. The predicted octanol–water partition coefficient (Wildman–Crippen LogP) is 1.93. The molecule has 7 nitrogen and oxygen atoms in total. The van der Waals surface area contributed by atoms with Gasteiger partial charge in [0.15, 0.2) is 5.96 Å². The molecule has 0 unspecified atom stereocenters. The van der Waals surface area contributed by atoms with Gasteiger partial charge in [0.25, 0.3) is 0 Å². The molecule has 1 heterocycles. The Kier molecular flexibility index (Phi) is 10.6. The minimum Gasteiger partial charge on any atom is -0.377 e. The van der Waals surface area contributed by atoms with Gasteiger partial charge in [-0.1, -0.05) is 18.2 Å². The van der Waals surface area contributed by atoms with Crippen LogP contribution in [0.25, 0.3) is 0 Å². The first-order chi connectivity index (χ1) is 12.9. The number of methoxy groups -OCH3 is 1. The standard InChI is InChI=1S/C20H33N5O2.HI/c1-5-21-19(23-16-20(2,3)27-4)22-15-18(26)25-13-11-24(12-14-25)17-9-7-6-8-10-17;/h6-10H,5,11-16H2,1-4H3,(H2,21,22,23);1H. The average molecular weight is 503 g/mol. The van der Waals surface area contributed by atoms with Gasteiger partial charge in [0.05, 0.1) is 5.60 Å². The third-order valence-electron chi connectivity index (χ3n) is 4.70. The molecule has 1 amide bonds. The molecule has 1 aromatic rings. The van der Waals surface area contributed by atoms with E-state index < -0.39 is 0 Å². The van der Waals surface area contributed by atoms with Crippen LogP contribution in [-0.4, -0.2) is 75.3 Å². The van der Waals surface area contributed by atoms with Crippen LogP contribution < -0.4 is 15.5 Å². The van der Waals surface area contributed by atoms with E-state index >= 15 is 0 Å². The maximum absolute atomic E-state index is 12.5. The van der Waals surface area contributed by atoms with Crippen molar-refractivity contribution in [1.29, 1.82) is 0 Å². The third kappa shape index (κ3) is 7.83. The fourth-order valence-electron chi connectivity index (χ4n) is 2.81. The van der Waals surface area contributed by atoms with Gasteiger partial charge in [0, 0.05) is 52.1 Å². The van der Waals surface area contributed by atoms with Crippen molar-refractivity contribution >= 4 is 41.5 Å². The summed E-state index contributed by atoms with van der Waals surface area (Å²) in [5.74, 6) is 0.699. The molecular formula is C20H34IN5O2. The molecule has 28 heavy (non-hydrogen) atoms. The van der Waals surface area contributed by atoms with Crippen molar-refractivity contribution in [1.82, 2.24) is 15.5 Å². The summed E-state index contributed by atoms with van der Waals surface area (Å²) in [6, 6.07) is 10.3. The zero-order chi connectivity index (χ0) is 19.7.